The van der Waals surface area contributed by atoms with Crippen molar-refractivity contribution in [2.75, 3.05) is 26.2 Å². The van der Waals surface area contributed by atoms with Crippen LogP contribution in [0.2, 0.25) is 0 Å². The van der Waals surface area contributed by atoms with Crippen molar-refractivity contribution >= 4 is 11.8 Å². The van der Waals surface area contributed by atoms with Crippen molar-refractivity contribution in [1.82, 2.24) is 15.2 Å². The summed E-state index contributed by atoms with van der Waals surface area (Å²) in [5.41, 5.74) is 0.416. The van der Waals surface area contributed by atoms with Crippen molar-refractivity contribution in [2.45, 2.75) is 37.7 Å². The van der Waals surface area contributed by atoms with Gasteiger partial charge in [0.1, 0.15) is 5.60 Å². The summed E-state index contributed by atoms with van der Waals surface area (Å²) in [5, 5.41) is 2.97. The topological polar surface area (TPSA) is 71.5 Å². The minimum atomic E-state index is -0.168. The van der Waals surface area contributed by atoms with Gasteiger partial charge in [-0.05, 0) is 43.7 Å². The lowest BCUT2D eigenvalue weighted by Gasteiger charge is -2.51. The molecule has 1 aromatic rings. The summed E-state index contributed by atoms with van der Waals surface area (Å²) in [6.45, 7) is 2.83. The molecule has 6 nitrogen and oxygen atoms in total. The van der Waals surface area contributed by atoms with Gasteiger partial charge >= 0.3 is 0 Å². The van der Waals surface area contributed by atoms with Crippen LogP contribution >= 0.6 is 0 Å². The molecule has 0 aromatic carbocycles. The normalized spacial score (nSPS) is 24.6. The molecule has 134 valence electrons. The van der Waals surface area contributed by atoms with E-state index in [1.54, 1.807) is 24.5 Å². The van der Waals surface area contributed by atoms with Gasteiger partial charge in [0.15, 0.2) is 0 Å². The first-order valence-corrected chi connectivity index (χ1v) is 9.29. The first-order valence-electron chi connectivity index (χ1n) is 9.29. The van der Waals surface area contributed by atoms with Crippen molar-refractivity contribution in [2.24, 2.45) is 11.8 Å². The van der Waals surface area contributed by atoms with Gasteiger partial charge in [-0.25, -0.2) is 0 Å². The number of nitrogens with zero attached hydrogens (tertiary/aromatic N) is 2. The molecule has 2 saturated heterocycles. The molecule has 2 aliphatic heterocycles. The Bertz CT molecular complexity index is 639. The minimum Gasteiger partial charge on any atom is -0.371 e. The van der Waals surface area contributed by atoms with E-state index in [2.05, 4.69) is 10.3 Å². The van der Waals surface area contributed by atoms with E-state index < -0.39 is 0 Å². The third-order valence-corrected chi connectivity index (χ3v) is 5.99. The fourth-order valence-electron chi connectivity index (χ4n) is 4.17. The molecule has 0 bridgehead atoms. The number of pyridine rings is 1. The highest BCUT2D eigenvalue weighted by Gasteiger charge is 2.54. The molecule has 3 aliphatic rings. The Hall–Kier alpha value is -1.95. The highest BCUT2D eigenvalue weighted by Crippen LogP contribution is 2.43. The second-order valence-corrected chi connectivity index (χ2v) is 7.51. The fourth-order valence-corrected chi connectivity index (χ4v) is 4.17. The number of amides is 2. The summed E-state index contributed by atoms with van der Waals surface area (Å²) in [7, 11) is 0. The molecule has 2 amide bonds. The van der Waals surface area contributed by atoms with Crippen molar-refractivity contribution < 1.29 is 14.3 Å². The maximum Gasteiger partial charge on any atom is 0.252 e. The fraction of sp³-hybridized carbons (Fsp3) is 0.632. The molecule has 1 saturated carbocycles. The van der Waals surface area contributed by atoms with E-state index in [1.807, 2.05) is 4.90 Å². The van der Waals surface area contributed by atoms with Gasteiger partial charge in [0.25, 0.3) is 5.91 Å². The molecule has 25 heavy (non-hydrogen) atoms. The summed E-state index contributed by atoms with van der Waals surface area (Å²) in [6, 6.07) is 3.52. The number of rotatable bonds is 5. The van der Waals surface area contributed by atoms with E-state index in [1.165, 1.54) is 6.42 Å². The molecule has 1 spiro atoms. The first kappa shape index (κ1) is 16.5. The third-order valence-electron chi connectivity index (χ3n) is 5.99. The Kier molecular flexibility index (Phi) is 4.46. The Morgan fingerprint density at radius 1 is 1.32 bits per heavy atom. The van der Waals surface area contributed by atoms with Gasteiger partial charge in [-0.2, -0.15) is 0 Å². The number of nitrogens with one attached hydrogen (secondary N) is 1. The average molecular weight is 343 g/mol. The van der Waals surface area contributed by atoms with Gasteiger partial charge < -0.3 is 15.0 Å². The summed E-state index contributed by atoms with van der Waals surface area (Å²) < 4.78 is 6.03. The molecule has 3 heterocycles. The molecule has 1 aliphatic carbocycles. The minimum absolute atomic E-state index is 0.0866. The van der Waals surface area contributed by atoms with Gasteiger partial charge in [-0.15, -0.1) is 0 Å². The SMILES string of the molecule is O=C(NCCC1CCOC12CN(C(=O)C1CCC1)C2)c1cccnc1. The highest BCUT2D eigenvalue weighted by molar-refractivity contribution is 5.93. The van der Waals surface area contributed by atoms with Crippen LogP contribution in [0.15, 0.2) is 24.5 Å². The predicted molar refractivity (Wildman–Crippen MR) is 91.9 cm³/mol. The Morgan fingerprint density at radius 3 is 2.84 bits per heavy atom. The average Bonchev–Trinajstić information content (AvgIpc) is 2.96. The molecule has 6 heteroatoms. The van der Waals surface area contributed by atoms with Crippen LogP contribution < -0.4 is 5.32 Å². The number of carbonyl (C=O) groups is 2. The molecule has 1 aromatic heterocycles. The molecule has 4 rings (SSSR count). The second kappa shape index (κ2) is 6.75. The lowest BCUT2D eigenvalue weighted by molar-refractivity contribution is -0.171. The van der Waals surface area contributed by atoms with Crippen LogP contribution in [0.3, 0.4) is 0 Å². The van der Waals surface area contributed by atoms with Crippen LogP contribution in [-0.2, 0) is 9.53 Å². The van der Waals surface area contributed by atoms with Gasteiger partial charge in [0.05, 0.1) is 18.7 Å². The summed E-state index contributed by atoms with van der Waals surface area (Å²) in [6.07, 6.45) is 8.41. The predicted octanol–water partition coefficient (Wildman–Crippen LogP) is 1.62. The van der Waals surface area contributed by atoms with Crippen molar-refractivity contribution in [1.29, 1.82) is 0 Å². The van der Waals surface area contributed by atoms with Gasteiger partial charge in [0, 0.05) is 31.5 Å². The summed E-state index contributed by atoms with van der Waals surface area (Å²) >= 11 is 0. The van der Waals surface area contributed by atoms with E-state index in [0.29, 0.717) is 23.9 Å². The maximum absolute atomic E-state index is 12.3. The molecule has 1 N–H and O–H groups in total. The van der Waals surface area contributed by atoms with Crippen LogP contribution in [0.1, 0.15) is 42.5 Å². The van der Waals surface area contributed by atoms with E-state index >= 15 is 0 Å². The number of ether oxygens (including phenoxy) is 1. The van der Waals surface area contributed by atoms with Crippen molar-refractivity contribution in [3.8, 4) is 0 Å². The number of hydrogen-bond donors (Lipinski definition) is 1. The van der Waals surface area contributed by atoms with E-state index in [-0.39, 0.29) is 17.4 Å². The maximum atomic E-state index is 12.3. The van der Waals surface area contributed by atoms with Crippen LogP contribution in [0.4, 0.5) is 0 Å². The first-order chi connectivity index (χ1) is 12.2. The highest BCUT2D eigenvalue weighted by atomic mass is 16.5. The van der Waals surface area contributed by atoms with Crippen LogP contribution in [0.25, 0.3) is 0 Å². The molecule has 0 radical (unpaired) electrons. The second-order valence-electron chi connectivity index (χ2n) is 7.51. The standard InChI is InChI=1S/C19H25N3O3/c23-17(15-5-2-8-20-11-15)21-9-6-16-7-10-25-19(16)12-22(13-19)18(24)14-3-1-4-14/h2,5,8,11,14,16H,1,3-4,6-7,9-10,12-13H2,(H,21,23). The number of likely N-dealkylation sites (tertiary alicyclic amines) is 1. The Labute approximate surface area is 147 Å². The lowest BCUT2D eigenvalue weighted by Crippen LogP contribution is -2.67. The van der Waals surface area contributed by atoms with E-state index in [9.17, 15) is 9.59 Å². The van der Waals surface area contributed by atoms with Gasteiger partial charge in [0.2, 0.25) is 5.91 Å². The van der Waals surface area contributed by atoms with Gasteiger partial charge in [-0.1, -0.05) is 6.42 Å². The summed E-state index contributed by atoms with van der Waals surface area (Å²) in [4.78, 5) is 30.3. The molecule has 1 unspecified atom stereocenters. The zero-order chi connectivity index (χ0) is 17.3. The smallest absolute Gasteiger partial charge is 0.252 e. The van der Waals surface area contributed by atoms with Crippen molar-refractivity contribution in [3.63, 3.8) is 0 Å². The number of carbonyl (C=O) groups excluding carboxylic acids is 2. The summed E-state index contributed by atoms with van der Waals surface area (Å²) in [5.74, 6) is 0.899. The molecular formula is C19H25N3O3. The van der Waals surface area contributed by atoms with Crippen LogP contribution in [-0.4, -0.2) is 53.5 Å². The molecule has 1 atom stereocenters. The van der Waals surface area contributed by atoms with Crippen molar-refractivity contribution in [3.05, 3.63) is 30.1 Å². The molecule has 3 fully saturated rings. The Morgan fingerprint density at radius 2 is 2.16 bits per heavy atom. The van der Waals surface area contributed by atoms with E-state index in [4.69, 9.17) is 4.74 Å². The van der Waals surface area contributed by atoms with E-state index in [0.717, 1.165) is 45.4 Å². The largest absolute Gasteiger partial charge is 0.371 e. The quantitative estimate of drug-likeness (QED) is 0.882. The lowest BCUT2D eigenvalue weighted by atomic mass is 9.76. The molecular weight excluding hydrogens is 318 g/mol. The zero-order valence-electron chi connectivity index (χ0n) is 14.4. The third kappa shape index (κ3) is 3.15. The van der Waals surface area contributed by atoms with Crippen LogP contribution in [0.5, 0.6) is 0 Å². The number of hydrogen-bond acceptors (Lipinski definition) is 4. The van der Waals surface area contributed by atoms with Gasteiger partial charge in [-0.3, -0.25) is 14.6 Å². The van der Waals surface area contributed by atoms with Crippen LogP contribution in [0, 0.1) is 11.8 Å². The number of aromatic nitrogens is 1. The Balaban J connectivity index is 1.25. The zero-order valence-corrected chi connectivity index (χ0v) is 14.4. The monoisotopic (exact) mass is 343 g/mol.